The average Bonchev–Trinajstić information content (AvgIpc) is 2.31. The zero-order chi connectivity index (χ0) is 7.84. The van der Waals surface area contributed by atoms with Gasteiger partial charge in [-0.1, -0.05) is 18.7 Å². The molecule has 0 amide bonds. The van der Waals surface area contributed by atoms with Crippen LogP contribution in [0.5, 0.6) is 0 Å². The Bertz CT molecular complexity index is 434. The highest BCUT2D eigenvalue weighted by Crippen LogP contribution is 2.08. The van der Waals surface area contributed by atoms with Crippen molar-refractivity contribution in [3.63, 3.8) is 0 Å². The molecule has 3 heteroatoms. The summed E-state index contributed by atoms with van der Waals surface area (Å²) in [6, 6.07) is 5.72. The number of hydrogen-bond acceptors (Lipinski definition) is 2. The number of amidine groups is 1. The van der Waals surface area contributed by atoms with E-state index in [2.05, 4.69) is 29.2 Å². The highest BCUT2D eigenvalue weighted by Gasteiger charge is 2.03. The van der Waals surface area contributed by atoms with Gasteiger partial charge in [-0.05, 0) is 11.3 Å². The molecule has 0 N–H and O–H groups in total. The van der Waals surface area contributed by atoms with Crippen molar-refractivity contribution in [2.75, 3.05) is 0 Å². The van der Waals surface area contributed by atoms with Gasteiger partial charge in [-0.15, -0.1) is 12.6 Å². The Kier molecular flexibility index (Phi) is 1.32. The van der Waals surface area contributed by atoms with E-state index < -0.39 is 0 Å². The van der Waals surface area contributed by atoms with Gasteiger partial charge in [-0.3, -0.25) is 0 Å². The van der Waals surface area contributed by atoms with E-state index in [1.807, 2.05) is 18.2 Å². The lowest BCUT2D eigenvalue weighted by atomic mass is 10.3. The highest BCUT2D eigenvalue weighted by atomic mass is 32.1. The molecule has 0 saturated carbocycles. The molecule has 0 atom stereocenters. The first-order chi connectivity index (χ1) is 5.27. The van der Waals surface area contributed by atoms with Crippen LogP contribution in [0.15, 0.2) is 28.2 Å². The molecule has 1 aliphatic rings. The summed E-state index contributed by atoms with van der Waals surface area (Å²) in [4.78, 5) is 8.19. The Hall–Kier alpha value is -1.09. The molecule has 0 radical (unpaired) electrons. The van der Waals surface area contributed by atoms with Gasteiger partial charge in [0.2, 0.25) is 0 Å². The lowest BCUT2D eigenvalue weighted by molar-refractivity contribution is 1.40. The molecule has 0 fully saturated rings. The molecule has 11 heavy (non-hydrogen) atoms. The molecule has 0 saturated heterocycles. The minimum Gasteiger partial charge on any atom is -0.221 e. The van der Waals surface area contributed by atoms with Crippen molar-refractivity contribution in [2.24, 2.45) is 9.98 Å². The highest BCUT2D eigenvalue weighted by molar-refractivity contribution is 7.96. The van der Waals surface area contributed by atoms with Crippen LogP contribution >= 0.6 is 12.6 Å². The van der Waals surface area contributed by atoms with Gasteiger partial charge in [0.15, 0.2) is 5.17 Å². The Morgan fingerprint density at radius 3 is 2.82 bits per heavy atom. The van der Waals surface area contributed by atoms with Crippen molar-refractivity contribution in [2.45, 2.75) is 0 Å². The predicted molar refractivity (Wildman–Crippen MR) is 48.8 cm³/mol. The van der Waals surface area contributed by atoms with E-state index >= 15 is 0 Å². The van der Waals surface area contributed by atoms with Crippen LogP contribution in [0.4, 0.5) is 5.69 Å². The molecule has 1 aromatic carbocycles. The minimum absolute atomic E-state index is 0.510. The summed E-state index contributed by atoms with van der Waals surface area (Å²) in [7, 11) is 0. The summed E-state index contributed by atoms with van der Waals surface area (Å²) in [5.41, 5.74) is 0.863. The SMILES string of the molecule is C=c1cccc2c1=NC(S)=N2. The van der Waals surface area contributed by atoms with Crippen LogP contribution in [0.3, 0.4) is 0 Å². The number of thiol groups is 1. The molecule has 1 aliphatic heterocycles. The van der Waals surface area contributed by atoms with Gasteiger partial charge >= 0.3 is 0 Å². The second-order valence-electron chi connectivity index (χ2n) is 2.31. The van der Waals surface area contributed by atoms with Crippen LogP contribution in [0.2, 0.25) is 0 Å². The topological polar surface area (TPSA) is 24.7 Å². The maximum absolute atomic E-state index is 4.10. The van der Waals surface area contributed by atoms with Crippen LogP contribution in [-0.4, -0.2) is 5.17 Å². The predicted octanol–water partition coefficient (Wildman–Crippen LogP) is 0.647. The quantitative estimate of drug-likeness (QED) is 0.542. The van der Waals surface area contributed by atoms with E-state index in [0.29, 0.717) is 5.17 Å². The van der Waals surface area contributed by atoms with E-state index in [-0.39, 0.29) is 0 Å². The Morgan fingerprint density at radius 2 is 2.09 bits per heavy atom. The molecule has 0 spiro atoms. The fraction of sp³-hybridized carbons (Fsp3) is 0. The maximum Gasteiger partial charge on any atom is 0.185 e. The van der Waals surface area contributed by atoms with Gasteiger partial charge in [0.25, 0.3) is 0 Å². The molecule has 54 valence electrons. The fourth-order valence-corrected chi connectivity index (χ4v) is 1.24. The summed E-state index contributed by atoms with van der Waals surface area (Å²) in [6.45, 7) is 3.83. The largest absolute Gasteiger partial charge is 0.221 e. The summed E-state index contributed by atoms with van der Waals surface area (Å²) >= 11 is 4.04. The zero-order valence-corrected chi connectivity index (χ0v) is 6.68. The second-order valence-corrected chi connectivity index (χ2v) is 2.71. The first kappa shape index (κ1) is 6.61. The minimum atomic E-state index is 0.510. The summed E-state index contributed by atoms with van der Waals surface area (Å²) < 4.78 is 0. The Labute approximate surface area is 69.4 Å². The molecule has 0 aromatic heterocycles. The van der Waals surface area contributed by atoms with Crippen LogP contribution in [0, 0.1) is 0 Å². The molecular formula is C8H6N2S. The number of hydrogen-bond donors (Lipinski definition) is 1. The molecule has 1 heterocycles. The fourth-order valence-electron chi connectivity index (χ4n) is 1.03. The lowest BCUT2D eigenvalue weighted by Crippen LogP contribution is -2.21. The number of fused-ring (bicyclic) bond motifs is 1. The van der Waals surface area contributed by atoms with Crippen molar-refractivity contribution in [1.29, 1.82) is 0 Å². The van der Waals surface area contributed by atoms with E-state index in [1.165, 1.54) is 0 Å². The van der Waals surface area contributed by atoms with Gasteiger partial charge < -0.3 is 0 Å². The van der Waals surface area contributed by atoms with Gasteiger partial charge in [-0.25, -0.2) is 9.98 Å². The number of rotatable bonds is 0. The maximum atomic E-state index is 4.10. The van der Waals surface area contributed by atoms with Crippen molar-refractivity contribution < 1.29 is 0 Å². The van der Waals surface area contributed by atoms with Gasteiger partial charge in [0, 0.05) is 0 Å². The molecular weight excluding hydrogens is 156 g/mol. The van der Waals surface area contributed by atoms with Gasteiger partial charge in [0.05, 0.1) is 11.0 Å². The molecule has 0 aliphatic carbocycles. The third-order valence-corrected chi connectivity index (χ3v) is 1.73. The van der Waals surface area contributed by atoms with E-state index in [1.54, 1.807) is 0 Å². The standard InChI is InChI=1S/C8H6N2S/c1-5-3-2-4-6-7(5)10-8(11)9-6/h2-4H,1H2,(H,9,11). The number of aliphatic imine (C=N–C) groups is 1. The second kappa shape index (κ2) is 2.20. The number of nitrogens with zero attached hydrogens (tertiary/aromatic N) is 2. The van der Waals surface area contributed by atoms with Crippen LogP contribution in [0.1, 0.15) is 0 Å². The molecule has 0 unspecified atom stereocenters. The number of benzene rings is 1. The van der Waals surface area contributed by atoms with Crippen molar-refractivity contribution in [3.05, 3.63) is 28.8 Å². The van der Waals surface area contributed by atoms with Crippen LogP contribution in [0.25, 0.3) is 6.58 Å². The third-order valence-electron chi connectivity index (χ3n) is 1.53. The van der Waals surface area contributed by atoms with E-state index in [4.69, 9.17) is 0 Å². The molecule has 2 rings (SSSR count). The van der Waals surface area contributed by atoms with Gasteiger partial charge in [-0.2, -0.15) is 0 Å². The molecule has 1 aromatic rings. The summed E-state index contributed by atoms with van der Waals surface area (Å²) in [6.07, 6.45) is 0. The third kappa shape index (κ3) is 0.973. The van der Waals surface area contributed by atoms with Crippen molar-refractivity contribution in [1.82, 2.24) is 0 Å². The normalized spacial score (nSPS) is 13.7. The monoisotopic (exact) mass is 162 g/mol. The average molecular weight is 162 g/mol. The van der Waals surface area contributed by atoms with E-state index in [9.17, 15) is 0 Å². The van der Waals surface area contributed by atoms with Crippen molar-refractivity contribution in [3.8, 4) is 0 Å². The Morgan fingerprint density at radius 1 is 1.27 bits per heavy atom. The first-order valence-electron chi connectivity index (χ1n) is 3.22. The lowest BCUT2D eigenvalue weighted by Gasteiger charge is -1.85. The zero-order valence-electron chi connectivity index (χ0n) is 5.78. The van der Waals surface area contributed by atoms with Crippen LogP contribution < -0.4 is 10.6 Å². The first-order valence-corrected chi connectivity index (χ1v) is 3.66. The van der Waals surface area contributed by atoms with Crippen LogP contribution in [-0.2, 0) is 0 Å². The summed E-state index contributed by atoms with van der Waals surface area (Å²) in [5, 5.41) is 2.25. The summed E-state index contributed by atoms with van der Waals surface area (Å²) in [5.74, 6) is 0. The molecule has 2 nitrogen and oxygen atoms in total. The smallest absolute Gasteiger partial charge is 0.185 e. The Balaban J connectivity index is 2.90. The van der Waals surface area contributed by atoms with Crippen molar-refractivity contribution >= 4 is 30.1 Å². The van der Waals surface area contributed by atoms with E-state index in [0.717, 1.165) is 16.3 Å². The molecule has 0 bridgehead atoms. The van der Waals surface area contributed by atoms with Gasteiger partial charge in [0.1, 0.15) is 0 Å². The number of para-hydroxylation sites is 1.